The maximum atomic E-state index is 12.3. The number of nitrogens with two attached hydrogens (primary N) is 1. The molecule has 0 fully saturated rings. The first kappa shape index (κ1) is 17.9. The van der Waals surface area contributed by atoms with Gasteiger partial charge in [0.25, 0.3) is 5.91 Å². The number of carbonyl (C=O) groups is 1. The van der Waals surface area contributed by atoms with Crippen molar-refractivity contribution in [2.45, 2.75) is 18.2 Å². The van der Waals surface area contributed by atoms with Gasteiger partial charge in [-0.15, -0.1) is 0 Å². The summed E-state index contributed by atoms with van der Waals surface area (Å²) in [5, 5.41) is 5.15. The van der Waals surface area contributed by atoms with Gasteiger partial charge in [-0.3, -0.25) is 4.79 Å². The predicted octanol–water partition coefficient (Wildman–Crippen LogP) is 1.40. The zero-order valence-corrected chi connectivity index (χ0v) is 13.8. The fourth-order valence-electron chi connectivity index (χ4n) is 1.84. The second kappa shape index (κ2) is 7.22. The van der Waals surface area contributed by atoms with Gasteiger partial charge in [0.2, 0.25) is 10.0 Å². The molecule has 0 saturated carbocycles. The molecule has 0 heterocycles. The van der Waals surface area contributed by atoms with Crippen LogP contribution < -0.4 is 5.14 Å². The molecule has 0 aliphatic rings. The summed E-state index contributed by atoms with van der Waals surface area (Å²) < 4.78 is 28.0. The highest BCUT2D eigenvalue weighted by molar-refractivity contribution is 7.89. The van der Waals surface area contributed by atoms with E-state index in [1.54, 1.807) is 27.1 Å². The molecule has 1 amide bonds. The predicted molar refractivity (Wildman–Crippen MR) is 81.0 cm³/mol. The molecule has 0 atom stereocenters. The maximum Gasteiger partial charge on any atom is 0.253 e. The Morgan fingerprint density at radius 3 is 2.57 bits per heavy atom. The van der Waals surface area contributed by atoms with Gasteiger partial charge in [0.15, 0.2) is 0 Å². The molecular formula is C13H19ClN2O4S. The van der Waals surface area contributed by atoms with E-state index in [0.717, 1.165) is 0 Å². The van der Waals surface area contributed by atoms with E-state index >= 15 is 0 Å². The number of aryl methyl sites for hydroxylation is 1. The molecule has 0 aliphatic carbocycles. The lowest BCUT2D eigenvalue weighted by Crippen LogP contribution is -2.28. The molecule has 0 aromatic heterocycles. The summed E-state index contributed by atoms with van der Waals surface area (Å²) in [6.07, 6.45) is 0.688. The molecule has 1 aromatic carbocycles. The average Bonchev–Trinajstić information content (AvgIpc) is 2.39. The summed E-state index contributed by atoms with van der Waals surface area (Å²) in [5.41, 5.74) is 0.720. The SMILES string of the molecule is COCCCN(C)C(=O)c1cc(C)c(Cl)c(S(N)(=O)=O)c1. The first-order valence-electron chi connectivity index (χ1n) is 6.25. The van der Waals surface area contributed by atoms with Crippen molar-refractivity contribution in [1.29, 1.82) is 0 Å². The second-order valence-corrected chi connectivity index (χ2v) is 6.63. The first-order valence-corrected chi connectivity index (χ1v) is 8.18. The van der Waals surface area contributed by atoms with Crippen LogP contribution in [0.3, 0.4) is 0 Å². The number of nitrogens with zero attached hydrogens (tertiary/aromatic N) is 1. The molecule has 2 N–H and O–H groups in total. The number of halogens is 1. The van der Waals surface area contributed by atoms with Crippen LogP contribution in [0.25, 0.3) is 0 Å². The lowest BCUT2D eigenvalue weighted by Gasteiger charge is -2.18. The van der Waals surface area contributed by atoms with Crippen molar-refractivity contribution in [1.82, 2.24) is 4.90 Å². The lowest BCUT2D eigenvalue weighted by atomic mass is 10.1. The molecule has 8 heteroatoms. The molecular weight excluding hydrogens is 316 g/mol. The Hall–Kier alpha value is -1.15. The Morgan fingerprint density at radius 2 is 2.05 bits per heavy atom. The molecule has 1 rings (SSSR count). The van der Waals surface area contributed by atoms with E-state index in [1.165, 1.54) is 11.0 Å². The zero-order valence-electron chi connectivity index (χ0n) is 12.2. The summed E-state index contributed by atoms with van der Waals surface area (Å²) >= 11 is 5.94. The standard InChI is InChI=1S/C13H19ClN2O4S/c1-9-7-10(8-11(12(9)14)21(15,18)19)13(17)16(2)5-4-6-20-3/h7-8H,4-6H2,1-3H3,(H2,15,18,19). The van der Waals surface area contributed by atoms with E-state index in [-0.39, 0.29) is 21.4 Å². The normalized spacial score (nSPS) is 11.5. The monoisotopic (exact) mass is 334 g/mol. The van der Waals surface area contributed by atoms with Gasteiger partial charge in [-0.05, 0) is 31.0 Å². The molecule has 0 unspecified atom stereocenters. The number of methoxy groups -OCH3 is 1. The minimum Gasteiger partial charge on any atom is -0.385 e. The quantitative estimate of drug-likeness (QED) is 0.796. The number of ether oxygens (including phenoxy) is 1. The van der Waals surface area contributed by atoms with Crippen LogP contribution in [-0.4, -0.2) is 46.5 Å². The number of rotatable bonds is 6. The van der Waals surface area contributed by atoms with E-state index in [9.17, 15) is 13.2 Å². The van der Waals surface area contributed by atoms with Crippen molar-refractivity contribution in [3.63, 3.8) is 0 Å². The van der Waals surface area contributed by atoms with Crippen LogP contribution in [0.2, 0.25) is 5.02 Å². The van der Waals surface area contributed by atoms with Crippen LogP contribution in [-0.2, 0) is 14.8 Å². The van der Waals surface area contributed by atoms with Crippen LogP contribution in [0, 0.1) is 6.92 Å². The van der Waals surface area contributed by atoms with E-state index in [0.29, 0.717) is 25.1 Å². The zero-order chi connectivity index (χ0) is 16.2. The third-order valence-corrected chi connectivity index (χ3v) is 4.51. The second-order valence-electron chi connectivity index (χ2n) is 4.72. The molecule has 6 nitrogen and oxygen atoms in total. The molecule has 1 aromatic rings. The van der Waals surface area contributed by atoms with Crippen molar-refractivity contribution in [3.05, 3.63) is 28.3 Å². The lowest BCUT2D eigenvalue weighted by molar-refractivity contribution is 0.0779. The first-order chi connectivity index (χ1) is 9.68. The smallest absolute Gasteiger partial charge is 0.253 e. The summed E-state index contributed by atoms with van der Waals surface area (Å²) in [4.78, 5) is 13.5. The van der Waals surface area contributed by atoms with Crippen molar-refractivity contribution in [2.24, 2.45) is 5.14 Å². The van der Waals surface area contributed by atoms with Gasteiger partial charge >= 0.3 is 0 Å². The highest BCUT2D eigenvalue weighted by atomic mass is 35.5. The topological polar surface area (TPSA) is 89.7 Å². The third kappa shape index (κ3) is 4.67. The molecule has 0 radical (unpaired) electrons. The fourth-order valence-corrected chi connectivity index (χ4v) is 2.97. The van der Waals surface area contributed by atoms with Gasteiger partial charge in [-0.1, -0.05) is 11.6 Å². The van der Waals surface area contributed by atoms with Crippen molar-refractivity contribution in [2.75, 3.05) is 27.3 Å². The van der Waals surface area contributed by atoms with Crippen LogP contribution in [0.5, 0.6) is 0 Å². The summed E-state index contributed by atoms with van der Waals surface area (Å²) in [6.45, 7) is 2.66. The maximum absolute atomic E-state index is 12.3. The van der Waals surface area contributed by atoms with E-state index in [2.05, 4.69) is 0 Å². The molecule has 0 saturated heterocycles. The molecule has 21 heavy (non-hydrogen) atoms. The van der Waals surface area contributed by atoms with E-state index < -0.39 is 10.0 Å². The van der Waals surface area contributed by atoms with Gasteiger partial charge < -0.3 is 9.64 Å². The van der Waals surface area contributed by atoms with Gasteiger partial charge in [0.1, 0.15) is 4.90 Å². The highest BCUT2D eigenvalue weighted by Gasteiger charge is 2.20. The molecule has 0 bridgehead atoms. The van der Waals surface area contributed by atoms with Gasteiger partial charge in [-0.25, -0.2) is 13.6 Å². The van der Waals surface area contributed by atoms with Gasteiger partial charge in [0.05, 0.1) is 5.02 Å². The number of primary sulfonamides is 1. The third-order valence-electron chi connectivity index (χ3n) is 2.96. The van der Waals surface area contributed by atoms with Gasteiger partial charge in [-0.2, -0.15) is 0 Å². The largest absolute Gasteiger partial charge is 0.385 e. The number of benzene rings is 1. The summed E-state index contributed by atoms with van der Waals surface area (Å²) in [6, 6.07) is 2.76. The van der Waals surface area contributed by atoms with Gasteiger partial charge in [0, 0.05) is 32.9 Å². The van der Waals surface area contributed by atoms with Crippen molar-refractivity contribution in [3.8, 4) is 0 Å². The molecule has 0 aliphatic heterocycles. The Labute approximate surface area is 129 Å². The van der Waals surface area contributed by atoms with Crippen LogP contribution >= 0.6 is 11.6 Å². The van der Waals surface area contributed by atoms with E-state index in [1.807, 2.05) is 0 Å². The van der Waals surface area contributed by atoms with E-state index in [4.69, 9.17) is 21.5 Å². The number of amides is 1. The number of sulfonamides is 1. The minimum absolute atomic E-state index is 0.0380. The van der Waals surface area contributed by atoms with Crippen molar-refractivity contribution >= 4 is 27.5 Å². The molecule has 118 valence electrons. The fraction of sp³-hybridized carbons (Fsp3) is 0.462. The summed E-state index contributed by atoms with van der Waals surface area (Å²) in [5.74, 6) is -0.296. The van der Waals surface area contributed by atoms with Crippen LogP contribution in [0.4, 0.5) is 0 Å². The minimum atomic E-state index is -3.98. The Bertz CT molecular complexity index is 631. The number of carbonyl (C=O) groups excluding carboxylic acids is 1. The highest BCUT2D eigenvalue weighted by Crippen LogP contribution is 2.26. The summed E-state index contributed by atoms with van der Waals surface area (Å²) in [7, 11) is -0.758. The number of hydrogen-bond donors (Lipinski definition) is 1. The number of hydrogen-bond acceptors (Lipinski definition) is 4. The van der Waals surface area contributed by atoms with Crippen molar-refractivity contribution < 1.29 is 17.9 Å². The average molecular weight is 335 g/mol. The molecule has 0 spiro atoms. The van der Waals surface area contributed by atoms with Crippen LogP contribution in [0.1, 0.15) is 22.3 Å². The Balaban J connectivity index is 3.09. The Morgan fingerprint density at radius 1 is 1.43 bits per heavy atom. The Kier molecular flexibility index (Phi) is 6.15. The van der Waals surface area contributed by atoms with Crippen LogP contribution in [0.15, 0.2) is 17.0 Å².